The van der Waals surface area contributed by atoms with Crippen molar-refractivity contribution >= 4 is 11.7 Å². The van der Waals surface area contributed by atoms with Gasteiger partial charge in [-0.3, -0.25) is 14.6 Å². The lowest BCUT2D eigenvalue weighted by atomic mass is 9.76. The second-order valence-electron chi connectivity index (χ2n) is 10.2. The summed E-state index contributed by atoms with van der Waals surface area (Å²) < 4.78 is 2.16. The number of rotatable bonds is 5. The van der Waals surface area contributed by atoms with Gasteiger partial charge in [-0.2, -0.15) is 10.2 Å². The number of nitrogens with zero attached hydrogens (tertiary/aromatic N) is 4. The SMILES string of the molecule is CCn1nc(-c2cc(-c3ccc(N4CCC(C(=O)O)CC4)cc3)n[nH]2)c2c1CC(C)(C)CC2. The lowest BCUT2D eigenvalue weighted by molar-refractivity contribution is -0.142. The highest BCUT2D eigenvalue weighted by molar-refractivity contribution is 5.71. The number of anilines is 1. The average Bonchev–Trinajstić information content (AvgIpc) is 3.43. The Balaban J connectivity index is 1.35. The molecule has 1 saturated heterocycles. The molecule has 0 saturated carbocycles. The molecule has 2 aliphatic rings. The van der Waals surface area contributed by atoms with Crippen LogP contribution in [-0.4, -0.2) is 44.1 Å². The number of piperidine rings is 1. The molecule has 1 aromatic carbocycles. The van der Waals surface area contributed by atoms with Gasteiger partial charge in [-0.15, -0.1) is 0 Å². The van der Waals surface area contributed by atoms with Gasteiger partial charge in [-0.05, 0) is 62.6 Å². The first-order valence-electron chi connectivity index (χ1n) is 12.1. The zero-order chi connectivity index (χ0) is 23.2. The minimum Gasteiger partial charge on any atom is -0.481 e. The molecule has 3 heterocycles. The van der Waals surface area contributed by atoms with Crippen molar-refractivity contribution in [1.82, 2.24) is 20.0 Å². The number of aromatic nitrogens is 4. The molecule has 5 rings (SSSR count). The van der Waals surface area contributed by atoms with Crippen LogP contribution in [0.5, 0.6) is 0 Å². The van der Waals surface area contributed by atoms with E-state index in [1.165, 1.54) is 17.7 Å². The first kappa shape index (κ1) is 21.7. The third-order valence-electron chi connectivity index (χ3n) is 7.37. The Kier molecular flexibility index (Phi) is 5.51. The molecule has 7 nitrogen and oxygen atoms in total. The number of hydrogen-bond donors (Lipinski definition) is 2. The van der Waals surface area contributed by atoms with Gasteiger partial charge < -0.3 is 10.0 Å². The molecule has 0 atom stereocenters. The minimum atomic E-state index is -0.673. The molecule has 174 valence electrons. The maximum Gasteiger partial charge on any atom is 0.306 e. The van der Waals surface area contributed by atoms with Crippen LogP contribution in [0.1, 0.15) is 51.3 Å². The third kappa shape index (κ3) is 4.16. The number of aryl methyl sites for hydroxylation is 1. The number of aliphatic carboxylic acids is 1. The highest BCUT2D eigenvalue weighted by atomic mass is 16.4. The number of carboxylic acids is 1. The molecule has 0 spiro atoms. The van der Waals surface area contributed by atoms with Crippen molar-refractivity contribution in [2.45, 2.75) is 59.4 Å². The Morgan fingerprint density at radius 3 is 2.61 bits per heavy atom. The average molecular weight is 448 g/mol. The molecule has 2 N–H and O–H groups in total. The molecule has 0 bridgehead atoms. The van der Waals surface area contributed by atoms with E-state index in [-0.39, 0.29) is 5.92 Å². The molecule has 3 aromatic rings. The maximum absolute atomic E-state index is 11.2. The molecule has 2 aromatic heterocycles. The van der Waals surface area contributed by atoms with E-state index in [4.69, 9.17) is 5.10 Å². The number of nitrogens with one attached hydrogen (secondary N) is 1. The zero-order valence-electron chi connectivity index (χ0n) is 19.8. The molecule has 0 unspecified atom stereocenters. The minimum absolute atomic E-state index is 0.212. The van der Waals surface area contributed by atoms with Crippen molar-refractivity contribution < 1.29 is 9.90 Å². The van der Waals surface area contributed by atoms with E-state index in [1.54, 1.807) is 0 Å². The van der Waals surface area contributed by atoms with Crippen molar-refractivity contribution in [2.24, 2.45) is 11.3 Å². The van der Waals surface area contributed by atoms with E-state index in [1.807, 2.05) is 0 Å². The number of benzene rings is 1. The van der Waals surface area contributed by atoms with Gasteiger partial charge in [0.15, 0.2) is 0 Å². The fourth-order valence-corrected chi connectivity index (χ4v) is 5.30. The number of aromatic amines is 1. The van der Waals surface area contributed by atoms with Gasteiger partial charge in [0.25, 0.3) is 0 Å². The van der Waals surface area contributed by atoms with Gasteiger partial charge in [-0.1, -0.05) is 26.0 Å². The largest absolute Gasteiger partial charge is 0.481 e. The fraction of sp³-hybridized carbons (Fsp3) is 0.500. The quantitative estimate of drug-likeness (QED) is 0.588. The van der Waals surface area contributed by atoms with E-state index in [9.17, 15) is 9.90 Å². The lowest BCUT2D eigenvalue weighted by Gasteiger charge is -2.32. The van der Waals surface area contributed by atoms with Crippen molar-refractivity contribution in [1.29, 1.82) is 0 Å². The van der Waals surface area contributed by atoms with E-state index in [0.717, 1.165) is 60.8 Å². The summed E-state index contributed by atoms with van der Waals surface area (Å²) in [5.41, 5.74) is 8.19. The molecule has 1 aliphatic heterocycles. The number of carboxylic acid groups (broad SMARTS) is 1. The molecule has 1 fully saturated rings. The van der Waals surface area contributed by atoms with Crippen LogP contribution in [0.4, 0.5) is 5.69 Å². The first-order chi connectivity index (χ1) is 15.8. The zero-order valence-corrected chi connectivity index (χ0v) is 19.8. The Morgan fingerprint density at radius 1 is 1.21 bits per heavy atom. The van der Waals surface area contributed by atoms with Gasteiger partial charge in [0, 0.05) is 42.1 Å². The van der Waals surface area contributed by atoms with Crippen LogP contribution in [-0.2, 0) is 24.2 Å². The van der Waals surface area contributed by atoms with Gasteiger partial charge in [0.05, 0.1) is 17.3 Å². The number of hydrogen-bond acceptors (Lipinski definition) is 4. The van der Waals surface area contributed by atoms with E-state index in [0.29, 0.717) is 18.3 Å². The normalized spacial score (nSPS) is 18.3. The highest BCUT2D eigenvalue weighted by Crippen LogP contribution is 2.39. The summed E-state index contributed by atoms with van der Waals surface area (Å²) in [5, 5.41) is 22.0. The smallest absolute Gasteiger partial charge is 0.306 e. The van der Waals surface area contributed by atoms with E-state index < -0.39 is 5.97 Å². The Labute approximate surface area is 194 Å². The van der Waals surface area contributed by atoms with Gasteiger partial charge in [0.2, 0.25) is 0 Å². The van der Waals surface area contributed by atoms with Crippen LogP contribution in [0, 0.1) is 11.3 Å². The van der Waals surface area contributed by atoms with Crippen LogP contribution in [0.2, 0.25) is 0 Å². The molecule has 0 radical (unpaired) electrons. The Morgan fingerprint density at radius 2 is 1.94 bits per heavy atom. The van der Waals surface area contributed by atoms with Crippen LogP contribution < -0.4 is 4.90 Å². The van der Waals surface area contributed by atoms with Crippen molar-refractivity contribution in [3.05, 3.63) is 41.6 Å². The molecular weight excluding hydrogens is 414 g/mol. The second kappa shape index (κ2) is 8.36. The number of H-pyrrole nitrogens is 1. The number of carbonyl (C=O) groups is 1. The van der Waals surface area contributed by atoms with Crippen LogP contribution in [0.3, 0.4) is 0 Å². The molecule has 7 heteroatoms. The summed E-state index contributed by atoms with van der Waals surface area (Å²) in [7, 11) is 0. The predicted molar refractivity (Wildman–Crippen MR) is 129 cm³/mol. The van der Waals surface area contributed by atoms with Crippen LogP contribution in [0.25, 0.3) is 22.6 Å². The first-order valence-corrected chi connectivity index (χ1v) is 12.1. The number of fused-ring (bicyclic) bond motifs is 1. The predicted octanol–water partition coefficient (Wildman–Crippen LogP) is 4.78. The summed E-state index contributed by atoms with van der Waals surface area (Å²) in [6.45, 7) is 9.28. The van der Waals surface area contributed by atoms with E-state index >= 15 is 0 Å². The molecule has 0 amide bonds. The molecule has 1 aliphatic carbocycles. The van der Waals surface area contributed by atoms with Gasteiger partial charge in [-0.25, -0.2) is 0 Å². The summed E-state index contributed by atoms with van der Waals surface area (Å²) in [4.78, 5) is 13.5. The molecule has 33 heavy (non-hydrogen) atoms. The Hall–Kier alpha value is -3.09. The van der Waals surface area contributed by atoms with E-state index in [2.05, 4.69) is 70.9 Å². The van der Waals surface area contributed by atoms with Gasteiger partial charge in [0.1, 0.15) is 5.69 Å². The summed E-state index contributed by atoms with van der Waals surface area (Å²) in [5.74, 6) is -0.885. The summed E-state index contributed by atoms with van der Waals surface area (Å²) >= 11 is 0. The highest BCUT2D eigenvalue weighted by Gasteiger charge is 2.31. The second-order valence-corrected chi connectivity index (χ2v) is 10.2. The summed E-state index contributed by atoms with van der Waals surface area (Å²) in [6.07, 6.45) is 4.70. The third-order valence-corrected chi connectivity index (χ3v) is 7.37. The topological polar surface area (TPSA) is 87.0 Å². The van der Waals surface area contributed by atoms with Crippen molar-refractivity contribution in [3.63, 3.8) is 0 Å². The van der Waals surface area contributed by atoms with Gasteiger partial charge >= 0.3 is 5.97 Å². The maximum atomic E-state index is 11.2. The van der Waals surface area contributed by atoms with Crippen LogP contribution in [0.15, 0.2) is 30.3 Å². The summed E-state index contributed by atoms with van der Waals surface area (Å²) in [6, 6.07) is 10.5. The lowest BCUT2D eigenvalue weighted by Crippen LogP contribution is -2.36. The molecular formula is C26H33N5O2. The van der Waals surface area contributed by atoms with Crippen LogP contribution >= 0.6 is 0 Å². The van der Waals surface area contributed by atoms with Crippen molar-refractivity contribution in [3.8, 4) is 22.6 Å². The fourth-order valence-electron chi connectivity index (χ4n) is 5.30. The Bertz CT molecular complexity index is 1150. The standard InChI is InChI=1S/C26H33N5O2/c1-4-31-23-16-26(2,3)12-9-20(23)24(29-31)22-15-21(27-28-22)17-5-7-19(8-6-17)30-13-10-18(11-14-30)25(32)33/h5-8,15,18H,4,9-14,16H2,1-3H3,(H,27,28)(H,32,33). The van der Waals surface area contributed by atoms with Crippen molar-refractivity contribution in [2.75, 3.05) is 18.0 Å². The monoisotopic (exact) mass is 447 g/mol.